The molecule has 0 radical (unpaired) electrons. The molecule has 3 aromatic heterocycles. The molecule has 7 nitrogen and oxygen atoms in total. The molecule has 0 saturated carbocycles. The molecule has 0 aliphatic heterocycles. The molecule has 8 heteroatoms. The Bertz CT molecular complexity index is 836. The average Bonchev–Trinajstić information content (AvgIpc) is 3.19. The summed E-state index contributed by atoms with van der Waals surface area (Å²) in [6.07, 6.45) is 4.89. The molecular formula is C14H15N5O2S. The Kier molecular flexibility index (Phi) is 4.01. The van der Waals surface area contributed by atoms with Gasteiger partial charge in [-0.2, -0.15) is 5.10 Å². The maximum atomic E-state index is 12.2. The van der Waals surface area contributed by atoms with Gasteiger partial charge in [-0.3, -0.25) is 18.8 Å². The van der Waals surface area contributed by atoms with Crippen molar-refractivity contribution in [1.82, 2.24) is 24.6 Å². The Labute approximate surface area is 130 Å². The second-order valence-electron chi connectivity index (χ2n) is 4.84. The monoisotopic (exact) mass is 317 g/mol. The smallest absolute Gasteiger partial charge is 0.262 e. The topological polar surface area (TPSA) is 81.8 Å². The van der Waals surface area contributed by atoms with Crippen LogP contribution in [0.15, 0.2) is 41.0 Å². The molecule has 1 atom stereocenters. The van der Waals surface area contributed by atoms with Crippen molar-refractivity contribution < 1.29 is 4.79 Å². The summed E-state index contributed by atoms with van der Waals surface area (Å²) in [5.74, 6) is -0.138. The summed E-state index contributed by atoms with van der Waals surface area (Å²) in [4.78, 5) is 29.2. The molecule has 0 spiro atoms. The zero-order valence-electron chi connectivity index (χ0n) is 12.0. The van der Waals surface area contributed by atoms with Crippen LogP contribution in [0.25, 0.3) is 10.2 Å². The van der Waals surface area contributed by atoms with E-state index in [0.717, 1.165) is 4.83 Å². The molecule has 3 aromatic rings. The zero-order valence-corrected chi connectivity index (χ0v) is 12.8. The van der Waals surface area contributed by atoms with Crippen LogP contribution in [0.3, 0.4) is 0 Å². The molecule has 3 heterocycles. The van der Waals surface area contributed by atoms with E-state index in [0.29, 0.717) is 18.5 Å². The lowest BCUT2D eigenvalue weighted by Crippen LogP contribution is -2.35. The second-order valence-corrected chi connectivity index (χ2v) is 5.73. The molecular weight excluding hydrogens is 302 g/mol. The first-order valence-corrected chi connectivity index (χ1v) is 7.74. The van der Waals surface area contributed by atoms with Gasteiger partial charge >= 0.3 is 0 Å². The van der Waals surface area contributed by atoms with Crippen LogP contribution in [0, 0.1) is 0 Å². The van der Waals surface area contributed by atoms with Gasteiger partial charge < -0.3 is 5.32 Å². The highest BCUT2D eigenvalue weighted by molar-refractivity contribution is 7.16. The first-order chi connectivity index (χ1) is 10.7. The maximum absolute atomic E-state index is 12.2. The van der Waals surface area contributed by atoms with Crippen LogP contribution >= 0.6 is 11.3 Å². The average molecular weight is 317 g/mol. The number of thiophene rings is 1. The van der Waals surface area contributed by atoms with E-state index in [1.54, 1.807) is 36.1 Å². The number of carbonyl (C=O) groups excluding carboxylic acids is 1. The summed E-state index contributed by atoms with van der Waals surface area (Å²) in [5, 5.41) is 9.30. The molecule has 22 heavy (non-hydrogen) atoms. The Balaban J connectivity index is 1.61. The van der Waals surface area contributed by atoms with Gasteiger partial charge in [-0.25, -0.2) is 4.98 Å². The summed E-state index contributed by atoms with van der Waals surface area (Å²) in [7, 11) is 0. The fourth-order valence-corrected chi connectivity index (χ4v) is 2.85. The van der Waals surface area contributed by atoms with E-state index in [2.05, 4.69) is 15.4 Å². The molecule has 3 rings (SSSR count). The zero-order chi connectivity index (χ0) is 15.5. The molecule has 0 fully saturated rings. The SMILES string of the molecule is CC(C(=O)NCCn1cnc2sccc2c1=O)n1cccn1. The molecule has 1 unspecified atom stereocenters. The van der Waals surface area contributed by atoms with E-state index in [1.165, 1.54) is 22.2 Å². The number of hydrogen-bond acceptors (Lipinski definition) is 5. The summed E-state index contributed by atoms with van der Waals surface area (Å²) < 4.78 is 3.09. The van der Waals surface area contributed by atoms with Crippen LogP contribution in [0.1, 0.15) is 13.0 Å². The number of aromatic nitrogens is 4. The summed E-state index contributed by atoms with van der Waals surface area (Å²) in [5.41, 5.74) is -0.0828. The van der Waals surface area contributed by atoms with Gasteiger partial charge in [0.1, 0.15) is 10.9 Å². The molecule has 0 aliphatic rings. The van der Waals surface area contributed by atoms with Crippen molar-refractivity contribution in [1.29, 1.82) is 0 Å². The van der Waals surface area contributed by atoms with Gasteiger partial charge in [0.2, 0.25) is 5.91 Å². The number of amides is 1. The largest absolute Gasteiger partial charge is 0.352 e. The van der Waals surface area contributed by atoms with Gasteiger partial charge in [-0.15, -0.1) is 11.3 Å². The Morgan fingerprint density at radius 1 is 1.50 bits per heavy atom. The van der Waals surface area contributed by atoms with Crippen LogP contribution < -0.4 is 10.9 Å². The highest BCUT2D eigenvalue weighted by Crippen LogP contribution is 2.13. The van der Waals surface area contributed by atoms with E-state index < -0.39 is 0 Å². The van der Waals surface area contributed by atoms with Crippen molar-refractivity contribution in [3.63, 3.8) is 0 Å². The molecule has 1 N–H and O–H groups in total. The van der Waals surface area contributed by atoms with Crippen LogP contribution in [0.4, 0.5) is 0 Å². The van der Waals surface area contributed by atoms with Gasteiger partial charge in [0.25, 0.3) is 5.56 Å². The first kappa shape index (κ1) is 14.5. The minimum absolute atomic E-state index is 0.0828. The molecule has 114 valence electrons. The lowest BCUT2D eigenvalue weighted by Gasteiger charge is -2.13. The van der Waals surface area contributed by atoms with Crippen molar-refractivity contribution in [2.45, 2.75) is 19.5 Å². The summed E-state index contributed by atoms with van der Waals surface area (Å²) >= 11 is 1.44. The lowest BCUT2D eigenvalue weighted by atomic mass is 10.3. The third kappa shape index (κ3) is 2.77. The van der Waals surface area contributed by atoms with Crippen molar-refractivity contribution in [2.75, 3.05) is 6.54 Å². The Morgan fingerprint density at radius 3 is 3.14 bits per heavy atom. The quantitative estimate of drug-likeness (QED) is 0.762. The van der Waals surface area contributed by atoms with Crippen molar-refractivity contribution >= 4 is 27.5 Å². The summed E-state index contributed by atoms with van der Waals surface area (Å²) in [6.45, 7) is 2.52. The first-order valence-electron chi connectivity index (χ1n) is 6.86. The predicted molar refractivity (Wildman–Crippen MR) is 83.8 cm³/mol. The molecule has 0 bridgehead atoms. The number of nitrogens with zero attached hydrogens (tertiary/aromatic N) is 4. The van der Waals surface area contributed by atoms with Gasteiger partial charge in [-0.05, 0) is 24.4 Å². The lowest BCUT2D eigenvalue weighted by molar-refractivity contribution is -0.124. The van der Waals surface area contributed by atoms with Gasteiger partial charge in [0.15, 0.2) is 0 Å². The predicted octanol–water partition coefficient (Wildman–Crippen LogP) is 1.03. The maximum Gasteiger partial charge on any atom is 0.262 e. The van der Waals surface area contributed by atoms with Crippen LogP contribution in [0.2, 0.25) is 0 Å². The standard InChI is InChI=1S/C14H15N5O2S/c1-10(19-6-2-4-17-19)12(20)15-5-7-18-9-16-13-11(14(18)21)3-8-22-13/h2-4,6,8-10H,5,7H2,1H3,(H,15,20). The molecule has 0 aliphatic carbocycles. The number of carbonyl (C=O) groups is 1. The van der Waals surface area contributed by atoms with E-state index in [-0.39, 0.29) is 17.5 Å². The highest BCUT2D eigenvalue weighted by atomic mass is 32.1. The third-order valence-corrected chi connectivity index (χ3v) is 4.22. The number of hydrogen-bond donors (Lipinski definition) is 1. The van der Waals surface area contributed by atoms with E-state index in [1.807, 2.05) is 5.38 Å². The highest BCUT2D eigenvalue weighted by Gasteiger charge is 2.14. The van der Waals surface area contributed by atoms with E-state index in [4.69, 9.17) is 0 Å². The number of rotatable bonds is 5. The van der Waals surface area contributed by atoms with Gasteiger partial charge in [-0.1, -0.05) is 0 Å². The van der Waals surface area contributed by atoms with Crippen LogP contribution in [-0.4, -0.2) is 31.8 Å². The van der Waals surface area contributed by atoms with Crippen LogP contribution in [-0.2, 0) is 11.3 Å². The Morgan fingerprint density at radius 2 is 2.36 bits per heavy atom. The normalized spacial score (nSPS) is 12.4. The molecule has 1 amide bonds. The minimum Gasteiger partial charge on any atom is -0.352 e. The number of nitrogens with one attached hydrogen (secondary N) is 1. The molecule has 0 aromatic carbocycles. The van der Waals surface area contributed by atoms with Crippen molar-refractivity contribution in [2.24, 2.45) is 0 Å². The van der Waals surface area contributed by atoms with Crippen molar-refractivity contribution in [3.8, 4) is 0 Å². The third-order valence-electron chi connectivity index (χ3n) is 3.40. The fourth-order valence-electron chi connectivity index (χ4n) is 2.13. The van der Waals surface area contributed by atoms with Crippen LogP contribution in [0.5, 0.6) is 0 Å². The molecule has 0 saturated heterocycles. The number of fused-ring (bicyclic) bond motifs is 1. The summed E-state index contributed by atoms with van der Waals surface area (Å²) in [6, 6.07) is 3.15. The Hall–Kier alpha value is -2.48. The fraction of sp³-hybridized carbons (Fsp3) is 0.286. The second kappa shape index (κ2) is 6.10. The van der Waals surface area contributed by atoms with Gasteiger partial charge in [0.05, 0.1) is 11.7 Å². The minimum atomic E-state index is -0.385. The van der Waals surface area contributed by atoms with Crippen molar-refractivity contribution in [3.05, 3.63) is 46.6 Å². The van der Waals surface area contributed by atoms with E-state index >= 15 is 0 Å². The van der Waals surface area contributed by atoms with E-state index in [9.17, 15) is 9.59 Å². The van der Waals surface area contributed by atoms with Gasteiger partial charge in [0, 0.05) is 25.5 Å².